The van der Waals surface area contributed by atoms with E-state index in [0.29, 0.717) is 5.56 Å². The van der Waals surface area contributed by atoms with Crippen molar-refractivity contribution in [3.05, 3.63) is 35.6 Å². The van der Waals surface area contributed by atoms with Gasteiger partial charge in [-0.05, 0) is 24.6 Å². The van der Waals surface area contributed by atoms with Gasteiger partial charge in [0.05, 0.1) is 6.54 Å². The van der Waals surface area contributed by atoms with Crippen molar-refractivity contribution in [2.24, 2.45) is 0 Å². The number of nitrogens with one attached hydrogen (secondary N) is 2. The number of piperazine rings is 1. The van der Waals surface area contributed by atoms with Crippen LogP contribution in [0.15, 0.2) is 24.3 Å². The van der Waals surface area contributed by atoms with Crippen LogP contribution in [0.3, 0.4) is 0 Å². The van der Waals surface area contributed by atoms with Crippen LogP contribution in [0.2, 0.25) is 0 Å². The number of hydroxylamine groups is 1. The molecule has 3 N–H and O–H groups in total. The number of halogens is 1. The first kappa shape index (κ1) is 15.1. The average Bonchev–Trinajstić information content (AvgIpc) is 2.48. The molecule has 1 atom stereocenters. The second kappa shape index (κ2) is 5.58. The van der Waals surface area contributed by atoms with Crippen molar-refractivity contribution in [1.29, 1.82) is 0 Å². The van der Waals surface area contributed by atoms with E-state index in [1.165, 1.54) is 29.7 Å². The third kappa shape index (κ3) is 2.76. The van der Waals surface area contributed by atoms with Gasteiger partial charge in [0.15, 0.2) is 0 Å². The lowest BCUT2D eigenvalue weighted by Crippen LogP contribution is -2.64. The van der Waals surface area contributed by atoms with E-state index < -0.39 is 35.6 Å². The maximum absolute atomic E-state index is 13.0. The molecule has 1 saturated heterocycles. The van der Waals surface area contributed by atoms with Crippen LogP contribution in [0.5, 0.6) is 0 Å². The van der Waals surface area contributed by atoms with Crippen molar-refractivity contribution in [1.82, 2.24) is 15.7 Å². The van der Waals surface area contributed by atoms with Gasteiger partial charge in [0, 0.05) is 0 Å². The molecular weight excluding hydrogens is 281 g/mol. The van der Waals surface area contributed by atoms with Gasteiger partial charge in [0.25, 0.3) is 11.8 Å². The van der Waals surface area contributed by atoms with E-state index in [9.17, 15) is 18.8 Å². The second-order valence-corrected chi connectivity index (χ2v) is 4.81. The average molecular weight is 295 g/mol. The van der Waals surface area contributed by atoms with Crippen molar-refractivity contribution in [3.8, 4) is 0 Å². The van der Waals surface area contributed by atoms with Crippen molar-refractivity contribution in [3.63, 3.8) is 0 Å². The van der Waals surface area contributed by atoms with E-state index in [2.05, 4.69) is 5.32 Å². The van der Waals surface area contributed by atoms with Crippen LogP contribution >= 0.6 is 0 Å². The largest absolute Gasteiger partial charge is 0.291 e. The molecule has 0 spiro atoms. The second-order valence-electron chi connectivity index (χ2n) is 4.81. The predicted octanol–water partition coefficient (Wildman–Crippen LogP) is -0.495. The van der Waals surface area contributed by atoms with Crippen LogP contribution < -0.4 is 10.8 Å². The lowest BCUT2D eigenvalue weighted by atomic mass is 9.88. The third-order valence-corrected chi connectivity index (χ3v) is 3.42. The quantitative estimate of drug-likeness (QED) is 0.397. The Labute approximate surface area is 119 Å². The van der Waals surface area contributed by atoms with Crippen LogP contribution in [0.4, 0.5) is 4.39 Å². The van der Waals surface area contributed by atoms with Crippen LogP contribution in [0, 0.1) is 5.82 Å². The number of hydrogen-bond donors (Lipinski definition) is 3. The molecule has 1 aliphatic rings. The van der Waals surface area contributed by atoms with Crippen LogP contribution in [0.1, 0.15) is 12.5 Å². The third-order valence-electron chi connectivity index (χ3n) is 3.42. The highest BCUT2D eigenvalue weighted by Gasteiger charge is 2.45. The van der Waals surface area contributed by atoms with Gasteiger partial charge < -0.3 is 0 Å². The Balaban J connectivity index is 2.32. The van der Waals surface area contributed by atoms with Gasteiger partial charge >= 0.3 is 0 Å². The summed E-state index contributed by atoms with van der Waals surface area (Å²) in [7, 11) is 0. The molecular formula is C13H14FN3O4. The summed E-state index contributed by atoms with van der Waals surface area (Å²) in [6.45, 7) is 0.809. The van der Waals surface area contributed by atoms with E-state index in [1.54, 1.807) is 6.92 Å². The Bertz CT molecular complexity index is 590. The topological polar surface area (TPSA) is 98.7 Å². The highest BCUT2D eigenvalue weighted by atomic mass is 19.1. The van der Waals surface area contributed by atoms with Gasteiger partial charge in [0.2, 0.25) is 5.91 Å². The molecule has 7 nitrogen and oxygen atoms in total. The van der Waals surface area contributed by atoms with Crippen molar-refractivity contribution in [2.45, 2.75) is 12.5 Å². The molecule has 0 aromatic heterocycles. The number of nitrogens with zero attached hydrogens (tertiary/aromatic N) is 1. The van der Waals surface area contributed by atoms with Gasteiger partial charge in [0.1, 0.15) is 17.9 Å². The van der Waals surface area contributed by atoms with Gasteiger partial charge in [-0.2, -0.15) is 0 Å². The number of benzene rings is 1. The van der Waals surface area contributed by atoms with E-state index in [1.807, 2.05) is 0 Å². The first-order chi connectivity index (χ1) is 9.88. The molecule has 0 aliphatic carbocycles. The fraction of sp³-hybridized carbons (Fsp3) is 0.308. The van der Waals surface area contributed by atoms with Crippen molar-refractivity contribution < 1.29 is 24.0 Å². The number of carbonyl (C=O) groups is 3. The molecule has 1 aromatic carbocycles. The first-order valence-electron chi connectivity index (χ1n) is 6.17. The molecule has 0 bridgehead atoms. The van der Waals surface area contributed by atoms with Crippen LogP contribution in [0.25, 0.3) is 0 Å². The first-order valence-corrected chi connectivity index (χ1v) is 6.17. The number of rotatable bonds is 3. The molecule has 3 amide bonds. The molecule has 0 radical (unpaired) electrons. The SMILES string of the molecule is CC1(c2ccc(F)cc2)NCC(=O)N(CC(=O)NO)C1=O. The zero-order valence-electron chi connectivity index (χ0n) is 11.2. The maximum Gasteiger partial charge on any atom is 0.263 e. The summed E-state index contributed by atoms with van der Waals surface area (Å²) >= 11 is 0. The lowest BCUT2D eigenvalue weighted by molar-refractivity contribution is -0.156. The predicted molar refractivity (Wildman–Crippen MR) is 68.4 cm³/mol. The monoisotopic (exact) mass is 295 g/mol. The normalized spacial score (nSPS) is 22.3. The Hall–Kier alpha value is -2.32. The zero-order chi connectivity index (χ0) is 15.6. The summed E-state index contributed by atoms with van der Waals surface area (Å²) in [5.41, 5.74) is 0.589. The van der Waals surface area contributed by atoms with Gasteiger partial charge in [-0.25, -0.2) is 9.87 Å². The summed E-state index contributed by atoms with van der Waals surface area (Å²) in [5.74, 6) is -2.55. The molecule has 8 heteroatoms. The Morgan fingerprint density at radius 3 is 2.62 bits per heavy atom. The van der Waals surface area contributed by atoms with E-state index in [0.717, 1.165) is 4.90 Å². The lowest BCUT2D eigenvalue weighted by Gasteiger charge is -2.38. The van der Waals surface area contributed by atoms with E-state index in [4.69, 9.17) is 5.21 Å². The van der Waals surface area contributed by atoms with Crippen molar-refractivity contribution >= 4 is 17.7 Å². The Morgan fingerprint density at radius 2 is 2.05 bits per heavy atom. The highest BCUT2D eigenvalue weighted by molar-refractivity contribution is 6.05. The Kier molecular flexibility index (Phi) is 4.01. The number of amides is 3. The van der Waals surface area contributed by atoms with Crippen LogP contribution in [-0.4, -0.2) is 40.9 Å². The van der Waals surface area contributed by atoms with Crippen molar-refractivity contribution in [2.75, 3.05) is 13.1 Å². The van der Waals surface area contributed by atoms with E-state index >= 15 is 0 Å². The minimum atomic E-state index is -1.25. The molecule has 21 heavy (non-hydrogen) atoms. The standard InChI is InChI=1S/C13H14FN3O4/c1-13(8-2-4-9(14)5-3-8)12(20)17(7-10(18)16-21)11(19)6-15-13/h2-5,15,21H,6-7H2,1H3,(H,16,18). The summed E-state index contributed by atoms with van der Waals surface area (Å²) in [4.78, 5) is 36.2. The highest BCUT2D eigenvalue weighted by Crippen LogP contribution is 2.26. The Morgan fingerprint density at radius 1 is 1.43 bits per heavy atom. The zero-order valence-corrected chi connectivity index (χ0v) is 11.2. The van der Waals surface area contributed by atoms with E-state index in [-0.39, 0.29) is 6.54 Å². The number of imide groups is 1. The molecule has 112 valence electrons. The fourth-order valence-electron chi connectivity index (χ4n) is 2.15. The van der Waals surface area contributed by atoms with Gasteiger partial charge in [-0.3, -0.25) is 29.8 Å². The molecule has 1 aromatic rings. The minimum absolute atomic E-state index is 0.154. The molecule has 1 unspecified atom stereocenters. The molecule has 0 saturated carbocycles. The maximum atomic E-state index is 13.0. The molecule has 1 heterocycles. The minimum Gasteiger partial charge on any atom is -0.291 e. The van der Waals surface area contributed by atoms with Gasteiger partial charge in [-0.1, -0.05) is 12.1 Å². The molecule has 1 fully saturated rings. The summed E-state index contributed by atoms with van der Waals surface area (Å²) < 4.78 is 13.0. The summed E-state index contributed by atoms with van der Waals surface area (Å²) in [6, 6.07) is 5.27. The number of carbonyl (C=O) groups excluding carboxylic acids is 3. The molecule has 2 rings (SSSR count). The van der Waals surface area contributed by atoms with Crippen LogP contribution in [-0.2, 0) is 19.9 Å². The van der Waals surface area contributed by atoms with Gasteiger partial charge in [-0.15, -0.1) is 0 Å². The smallest absolute Gasteiger partial charge is 0.263 e. The summed E-state index contributed by atoms with van der Waals surface area (Å²) in [5, 5.41) is 11.3. The molecule has 1 aliphatic heterocycles. The number of hydrogen-bond acceptors (Lipinski definition) is 5. The summed E-state index contributed by atoms with van der Waals surface area (Å²) in [6.07, 6.45) is 0. The fourth-order valence-corrected chi connectivity index (χ4v) is 2.15.